The van der Waals surface area contributed by atoms with Crippen molar-refractivity contribution in [3.8, 4) is 0 Å². The fourth-order valence-electron chi connectivity index (χ4n) is 1.61. The van der Waals surface area contributed by atoms with Gasteiger partial charge in [-0.05, 0) is 35.9 Å². The van der Waals surface area contributed by atoms with Crippen LogP contribution < -0.4 is 5.32 Å². The minimum absolute atomic E-state index is 0.220. The molecule has 1 aromatic carbocycles. The van der Waals surface area contributed by atoms with Gasteiger partial charge in [0.2, 0.25) is 0 Å². The summed E-state index contributed by atoms with van der Waals surface area (Å²) in [7, 11) is 0. The summed E-state index contributed by atoms with van der Waals surface area (Å²) < 4.78 is 19.1. The Balaban J connectivity index is 1.78. The Hall–Kier alpha value is -1.13. The van der Waals surface area contributed by atoms with E-state index in [2.05, 4.69) is 21.2 Å². The highest BCUT2D eigenvalue weighted by atomic mass is 79.9. The molecule has 4 heteroatoms. The standard InChI is InChI=1S/C13H13BrFNO/c14-11-6-10(7-12(15)8-11)9-16-4-3-13-2-1-5-17-13/h1-2,5-8,16H,3-4,9H2. The fraction of sp³-hybridized carbons (Fsp3) is 0.231. The van der Waals surface area contributed by atoms with Crippen molar-refractivity contribution in [2.45, 2.75) is 13.0 Å². The summed E-state index contributed by atoms with van der Waals surface area (Å²) in [5, 5.41) is 3.25. The van der Waals surface area contributed by atoms with Gasteiger partial charge in [0.15, 0.2) is 0 Å². The SMILES string of the molecule is Fc1cc(Br)cc(CNCCc2ccco2)c1. The maximum atomic E-state index is 13.1. The van der Waals surface area contributed by atoms with Gasteiger partial charge in [0.05, 0.1) is 6.26 Å². The van der Waals surface area contributed by atoms with E-state index in [1.165, 1.54) is 12.1 Å². The Morgan fingerprint density at radius 2 is 2.18 bits per heavy atom. The number of benzene rings is 1. The lowest BCUT2D eigenvalue weighted by Gasteiger charge is -2.04. The average Bonchev–Trinajstić information content (AvgIpc) is 2.76. The Kier molecular flexibility index (Phi) is 4.34. The van der Waals surface area contributed by atoms with Crippen LogP contribution in [0.4, 0.5) is 4.39 Å². The van der Waals surface area contributed by atoms with Crippen molar-refractivity contribution in [1.82, 2.24) is 5.32 Å². The van der Waals surface area contributed by atoms with Crippen LogP contribution in [-0.2, 0) is 13.0 Å². The van der Waals surface area contributed by atoms with Crippen molar-refractivity contribution in [1.29, 1.82) is 0 Å². The van der Waals surface area contributed by atoms with Crippen LogP contribution in [0.2, 0.25) is 0 Å². The zero-order valence-corrected chi connectivity index (χ0v) is 10.8. The molecule has 0 saturated heterocycles. The quantitative estimate of drug-likeness (QED) is 0.855. The third kappa shape index (κ3) is 3.98. The van der Waals surface area contributed by atoms with Crippen LogP contribution in [0.15, 0.2) is 45.5 Å². The number of nitrogens with one attached hydrogen (secondary N) is 1. The summed E-state index contributed by atoms with van der Waals surface area (Å²) >= 11 is 3.27. The van der Waals surface area contributed by atoms with Crippen molar-refractivity contribution < 1.29 is 8.81 Å². The molecule has 2 nitrogen and oxygen atoms in total. The van der Waals surface area contributed by atoms with E-state index < -0.39 is 0 Å². The van der Waals surface area contributed by atoms with Crippen molar-refractivity contribution in [3.05, 3.63) is 58.2 Å². The van der Waals surface area contributed by atoms with E-state index in [1.54, 1.807) is 6.26 Å². The third-order valence-corrected chi connectivity index (χ3v) is 2.84. The first-order chi connectivity index (χ1) is 8.24. The highest BCUT2D eigenvalue weighted by Crippen LogP contribution is 2.14. The molecule has 0 fully saturated rings. The second kappa shape index (κ2) is 5.98. The predicted octanol–water partition coefficient (Wildman–Crippen LogP) is 3.51. The molecule has 0 aliphatic rings. The van der Waals surface area contributed by atoms with Crippen LogP contribution in [0.1, 0.15) is 11.3 Å². The predicted molar refractivity (Wildman–Crippen MR) is 68.2 cm³/mol. The van der Waals surface area contributed by atoms with Crippen molar-refractivity contribution >= 4 is 15.9 Å². The van der Waals surface area contributed by atoms with Gasteiger partial charge in [-0.15, -0.1) is 0 Å². The molecule has 2 aromatic rings. The smallest absolute Gasteiger partial charge is 0.124 e. The maximum absolute atomic E-state index is 13.1. The normalized spacial score (nSPS) is 10.7. The van der Waals surface area contributed by atoms with Crippen LogP contribution in [0, 0.1) is 5.82 Å². The monoisotopic (exact) mass is 297 g/mol. The maximum Gasteiger partial charge on any atom is 0.124 e. The van der Waals surface area contributed by atoms with E-state index in [0.29, 0.717) is 6.54 Å². The second-order valence-electron chi connectivity index (χ2n) is 3.78. The summed E-state index contributed by atoms with van der Waals surface area (Å²) in [4.78, 5) is 0. The third-order valence-electron chi connectivity index (χ3n) is 2.38. The van der Waals surface area contributed by atoms with Gasteiger partial charge in [-0.1, -0.05) is 15.9 Å². The first kappa shape index (κ1) is 12.3. The van der Waals surface area contributed by atoms with E-state index in [-0.39, 0.29) is 5.82 Å². The Morgan fingerprint density at radius 1 is 1.29 bits per heavy atom. The minimum atomic E-state index is -0.220. The van der Waals surface area contributed by atoms with Gasteiger partial charge in [0.25, 0.3) is 0 Å². The van der Waals surface area contributed by atoms with Crippen LogP contribution >= 0.6 is 15.9 Å². The van der Waals surface area contributed by atoms with Gasteiger partial charge >= 0.3 is 0 Å². The molecule has 17 heavy (non-hydrogen) atoms. The lowest BCUT2D eigenvalue weighted by molar-refractivity contribution is 0.498. The molecule has 1 aromatic heterocycles. The second-order valence-corrected chi connectivity index (χ2v) is 4.70. The molecule has 0 atom stereocenters. The Morgan fingerprint density at radius 3 is 2.88 bits per heavy atom. The first-order valence-electron chi connectivity index (χ1n) is 5.42. The largest absolute Gasteiger partial charge is 0.469 e. The lowest BCUT2D eigenvalue weighted by atomic mass is 10.2. The molecular weight excluding hydrogens is 285 g/mol. The molecule has 2 rings (SSSR count). The van der Waals surface area contributed by atoms with Crippen LogP contribution in [0.25, 0.3) is 0 Å². The molecule has 1 heterocycles. The molecule has 0 radical (unpaired) electrons. The van der Waals surface area contributed by atoms with E-state index in [4.69, 9.17) is 4.42 Å². The number of rotatable bonds is 5. The average molecular weight is 298 g/mol. The molecule has 0 aliphatic carbocycles. The highest BCUT2D eigenvalue weighted by molar-refractivity contribution is 9.10. The zero-order chi connectivity index (χ0) is 12.1. The van der Waals surface area contributed by atoms with Crippen LogP contribution in [-0.4, -0.2) is 6.54 Å². The van der Waals surface area contributed by atoms with Gasteiger partial charge in [0.1, 0.15) is 11.6 Å². The van der Waals surface area contributed by atoms with Crippen LogP contribution in [0.5, 0.6) is 0 Å². The molecule has 0 bridgehead atoms. The van der Waals surface area contributed by atoms with Crippen molar-refractivity contribution in [2.75, 3.05) is 6.54 Å². The first-order valence-corrected chi connectivity index (χ1v) is 6.21. The lowest BCUT2D eigenvalue weighted by Crippen LogP contribution is -2.16. The zero-order valence-electron chi connectivity index (χ0n) is 9.25. The molecule has 0 spiro atoms. The molecular formula is C13H13BrFNO. The van der Waals surface area contributed by atoms with Gasteiger partial charge in [0, 0.05) is 24.0 Å². The van der Waals surface area contributed by atoms with Gasteiger partial charge in [-0.25, -0.2) is 4.39 Å². The summed E-state index contributed by atoms with van der Waals surface area (Å²) in [5.41, 5.74) is 0.927. The van der Waals surface area contributed by atoms with Gasteiger partial charge in [-0.2, -0.15) is 0 Å². The number of hydrogen-bond acceptors (Lipinski definition) is 2. The molecule has 0 saturated carbocycles. The number of halogens is 2. The van der Waals surface area contributed by atoms with Crippen LogP contribution in [0.3, 0.4) is 0 Å². The number of furan rings is 1. The van der Waals surface area contributed by atoms with Gasteiger partial charge in [-0.3, -0.25) is 0 Å². The summed E-state index contributed by atoms with van der Waals surface area (Å²) in [6.07, 6.45) is 2.50. The van der Waals surface area contributed by atoms with E-state index in [1.807, 2.05) is 18.2 Å². The summed E-state index contributed by atoms with van der Waals surface area (Å²) in [6, 6.07) is 8.71. The molecule has 0 amide bonds. The van der Waals surface area contributed by atoms with Crippen molar-refractivity contribution in [3.63, 3.8) is 0 Å². The van der Waals surface area contributed by atoms with Crippen molar-refractivity contribution in [2.24, 2.45) is 0 Å². The highest BCUT2D eigenvalue weighted by Gasteiger charge is 1.99. The van der Waals surface area contributed by atoms with Gasteiger partial charge < -0.3 is 9.73 Å². The summed E-state index contributed by atoms with van der Waals surface area (Å²) in [5.74, 6) is 0.736. The molecule has 0 unspecified atom stereocenters. The summed E-state index contributed by atoms with van der Waals surface area (Å²) in [6.45, 7) is 1.46. The minimum Gasteiger partial charge on any atom is -0.469 e. The Labute approximate surface area is 108 Å². The molecule has 1 N–H and O–H groups in total. The fourth-order valence-corrected chi connectivity index (χ4v) is 2.12. The van der Waals surface area contributed by atoms with E-state index in [9.17, 15) is 4.39 Å². The molecule has 0 aliphatic heterocycles. The topological polar surface area (TPSA) is 25.2 Å². The number of hydrogen-bond donors (Lipinski definition) is 1. The molecule has 90 valence electrons. The van der Waals surface area contributed by atoms with E-state index in [0.717, 1.165) is 28.8 Å². The van der Waals surface area contributed by atoms with E-state index >= 15 is 0 Å². The Bertz CT molecular complexity index is 450.